The Morgan fingerprint density at radius 1 is 1.07 bits per heavy atom. The van der Waals surface area contributed by atoms with Crippen LogP contribution in [0.1, 0.15) is 15.9 Å². The third kappa shape index (κ3) is 4.49. The van der Waals surface area contributed by atoms with Gasteiger partial charge in [-0.25, -0.2) is 0 Å². The summed E-state index contributed by atoms with van der Waals surface area (Å²) in [6, 6.07) is 9.01. The van der Waals surface area contributed by atoms with Crippen LogP contribution < -0.4 is 10.6 Å². The van der Waals surface area contributed by atoms with Crippen molar-refractivity contribution < 1.29 is 23.1 Å². The molecule has 1 heterocycles. The van der Waals surface area contributed by atoms with Gasteiger partial charge in [-0.15, -0.1) is 0 Å². The molecule has 0 aliphatic rings. The van der Waals surface area contributed by atoms with Gasteiger partial charge in [0.1, 0.15) is 0 Å². The number of rotatable bonds is 5. The van der Waals surface area contributed by atoms with Crippen LogP contribution in [0.3, 0.4) is 0 Å². The Kier molecular flexibility index (Phi) is 6.17. The molecule has 0 bridgehead atoms. The Hall–Kier alpha value is -2.86. The first kappa shape index (κ1) is 21.8. The normalized spacial score (nSPS) is 11.3. The van der Waals surface area contributed by atoms with E-state index >= 15 is 0 Å². The number of alkyl halides is 3. The van der Waals surface area contributed by atoms with E-state index in [2.05, 4.69) is 35.3 Å². The average molecular weight is 502 g/mol. The lowest BCUT2D eigenvalue weighted by atomic mass is 10.0. The van der Waals surface area contributed by atoms with Crippen molar-refractivity contribution in [1.82, 2.24) is 13.6 Å². The van der Waals surface area contributed by atoms with Crippen LogP contribution in [0.25, 0.3) is 0 Å². The largest absolute Gasteiger partial charge is 0.505 e. The number of aromatic nitrogens is 2. The summed E-state index contributed by atoms with van der Waals surface area (Å²) in [6.07, 6.45) is -4.81. The van der Waals surface area contributed by atoms with Gasteiger partial charge in [0, 0.05) is 18.6 Å². The minimum absolute atomic E-state index is 0.115. The highest BCUT2D eigenvalue weighted by atomic mass is 79.9. The van der Waals surface area contributed by atoms with Crippen LogP contribution >= 0.6 is 27.7 Å². The van der Waals surface area contributed by atoms with Crippen LogP contribution in [0.4, 0.5) is 36.2 Å². The Labute approximate surface area is 182 Å². The summed E-state index contributed by atoms with van der Waals surface area (Å²) in [4.78, 5) is 13.3. The van der Waals surface area contributed by atoms with Crippen LogP contribution in [-0.2, 0) is 6.18 Å². The quantitative estimate of drug-likeness (QED) is 0.415. The van der Waals surface area contributed by atoms with Crippen molar-refractivity contribution >= 4 is 56.6 Å². The lowest BCUT2D eigenvalue weighted by Crippen LogP contribution is -2.25. The van der Waals surface area contributed by atoms with Crippen molar-refractivity contribution in [2.45, 2.75) is 6.18 Å². The smallest absolute Gasteiger partial charge is 0.417 e. The van der Waals surface area contributed by atoms with Crippen molar-refractivity contribution in [1.29, 1.82) is 0 Å². The number of hydrogen-bond acceptors (Lipinski definition) is 7. The zero-order valence-electron chi connectivity index (χ0n) is 15.6. The molecule has 12 heteroatoms. The van der Waals surface area contributed by atoms with E-state index in [4.69, 9.17) is 0 Å². The van der Waals surface area contributed by atoms with Gasteiger partial charge < -0.3 is 20.6 Å². The second-order valence-electron chi connectivity index (χ2n) is 6.27. The number of carbonyl (C=O) groups is 1. The number of phenolic OH excluding ortho intramolecular Hbond substituents is 1. The van der Waals surface area contributed by atoms with Crippen LogP contribution in [0.5, 0.6) is 5.75 Å². The molecular weight excluding hydrogens is 487 g/mol. The van der Waals surface area contributed by atoms with E-state index in [-0.39, 0.29) is 11.5 Å². The van der Waals surface area contributed by atoms with Gasteiger partial charge >= 0.3 is 6.18 Å². The third-order valence-corrected chi connectivity index (χ3v) is 5.19. The molecule has 0 atom stereocenters. The molecule has 1 amide bonds. The van der Waals surface area contributed by atoms with Gasteiger partial charge in [0.15, 0.2) is 17.4 Å². The molecule has 0 spiro atoms. The van der Waals surface area contributed by atoms with Crippen LogP contribution in [0, 0.1) is 0 Å². The molecule has 1 aromatic heterocycles. The van der Waals surface area contributed by atoms with E-state index < -0.39 is 29.0 Å². The summed E-state index contributed by atoms with van der Waals surface area (Å²) in [6.45, 7) is 0. The molecule has 0 radical (unpaired) electrons. The fraction of sp³-hybridized carbons (Fsp3) is 0.167. The molecule has 0 fully saturated rings. The first-order valence-electron chi connectivity index (χ1n) is 8.35. The van der Waals surface area contributed by atoms with E-state index in [1.807, 2.05) is 12.1 Å². The number of benzene rings is 2. The summed E-state index contributed by atoms with van der Waals surface area (Å²) in [5, 5.41) is 16.3. The maximum atomic E-state index is 13.4. The zero-order valence-corrected chi connectivity index (χ0v) is 18.0. The van der Waals surface area contributed by atoms with Crippen LogP contribution in [-0.4, -0.2) is 38.8 Å². The highest BCUT2D eigenvalue weighted by molar-refractivity contribution is 9.10. The molecule has 2 aromatic carbocycles. The molecule has 3 rings (SSSR count). The minimum atomic E-state index is -4.81. The van der Waals surface area contributed by atoms with Gasteiger partial charge in [-0.1, -0.05) is 12.1 Å². The number of amides is 1. The summed E-state index contributed by atoms with van der Waals surface area (Å²) >= 11 is 4.26. The zero-order chi connectivity index (χ0) is 22.1. The number of para-hydroxylation sites is 1. The topological polar surface area (TPSA) is 90.4 Å². The van der Waals surface area contributed by atoms with Crippen molar-refractivity contribution in [2.75, 3.05) is 24.7 Å². The molecule has 0 aliphatic heterocycles. The summed E-state index contributed by atoms with van der Waals surface area (Å²) < 4.78 is 49.1. The third-order valence-electron chi connectivity index (χ3n) is 3.97. The fourth-order valence-corrected chi connectivity index (χ4v) is 3.39. The predicted molar refractivity (Wildman–Crippen MR) is 112 cm³/mol. The van der Waals surface area contributed by atoms with E-state index in [1.165, 1.54) is 14.1 Å². The molecule has 7 nitrogen and oxygen atoms in total. The standard InChI is InChI=1S/C18H15BrF3N5O2S/c1-27(2)17(29)13-9(18(20,21)22)7-8-12(14(13)28)24-16-15(25-30-26-16)23-11-6-4-3-5-10(11)19/h3-8,28H,1-2H3,(H,23,25)(H,24,26). The molecule has 0 unspecified atom stereocenters. The Morgan fingerprint density at radius 3 is 2.23 bits per heavy atom. The van der Waals surface area contributed by atoms with E-state index in [1.54, 1.807) is 12.1 Å². The summed E-state index contributed by atoms with van der Waals surface area (Å²) in [7, 11) is 2.60. The average Bonchev–Trinajstić information content (AvgIpc) is 3.10. The van der Waals surface area contributed by atoms with E-state index in [0.29, 0.717) is 11.5 Å². The van der Waals surface area contributed by atoms with Crippen molar-refractivity contribution in [3.05, 3.63) is 52.0 Å². The Bertz CT molecular complexity index is 1090. The van der Waals surface area contributed by atoms with E-state index in [0.717, 1.165) is 33.2 Å². The van der Waals surface area contributed by atoms with Gasteiger partial charge in [-0.2, -0.15) is 21.9 Å². The maximum Gasteiger partial charge on any atom is 0.417 e. The van der Waals surface area contributed by atoms with Gasteiger partial charge in [0.25, 0.3) is 5.91 Å². The monoisotopic (exact) mass is 501 g/mol. The summed E-state index contributed by atoms with van der Waals surface area (Å²) in [5.74, 6) is -1.34. The van der Waals surface area contributed by atoms with Crippen LogP contribution in [0.2, 0.25) is 0 Å². The van der Waals surface area contributed by atoms with Gasteiger partial charge in [0.2, 0.25) is 0 Å². The highest BCUT2D eigenvalue weighted by Crippen LogP contribution is 2.41. The van der Waals surface area contributed by atoms with Gasteiger partial charge in [-0.05, 0) is 40.2 Å². The van der Waals surface area contributed by atoms with Gasteiger partial charge in [-0.3, -0.25) is 4.79 Å². The Morgan fingerprint density at radius 2 is 1.67 bits per heavy atom. The predicted octanol–water partition coefficient (Wildman–Crippen LogP) is 5.21. The number of carbonyl (C=O) groups excluding carboxylic acids is 1. The minimum Gasteiger partial charge on any atom is -0.505 e. The molecule has 3 aromatic rings. The van der Waals surface area contributed by atoms with Crippen molar-refractivity contribution in [2.24, 2.45) is 0 Å². The van der Waals surface area contributed by atoms with E-state index in [9.17, 15) is 23.1 Å². The van der Waals surface area contributed by atoms with Crippen molar-refractivity contribution in [3.63, 3.8) is 0 Å². The number of aromatic hydroxyl groups is 1. The lowest BCUT2D eigenvalue weighted by Gasteiger charge is -2.19. The fourth-order valence-electron chi connectivity index (χ4n) is 2.54. The molecule has 3 N–H and O–H groups in total. The molecular formula is C18H15BrF3N5O2S. The second-order valence-corrected chi connectivity index (χ2v) is 7.66. The van der Waals surface area contributed by atoms with Crippen molar-refractivity contribution in [3.8, 4) is 5.75 Å². The Balaban J connectivity index is 1.99. The SMILES string of the molecule is CN(C)C(=O)c1c(C(F)(F)F)ccc(Nc2nsnc2Nc2ccccc2Br)c1O. The number of phenols is 1. The molecule has 0 aliphatic carbocycles. The first-order valence-corrected chi connectivity index (χ1v) is 9.88. The first-order chi connectivity index (χ1) is 14.1. The second kappa shape index (κ2) is 8.48. The van der Waals surface area contributed by atoms with Gasteiger partial charge in [0.05, 0.1) is 34.2 Å². The maximum absolute atomic E-state index is 13.4. The number of hydrogen-bond donors (Lipinski definition) is 3. The lowest BCUT2D eigenvalue weighted by molar-refractivity contribution is -0.138. The number of nitrogens with one attached hydrogen (secondary N) is 2. The molecule has 0 saturated carbocycles. The highest BCUT2D eigenvalue weighted by Gasteiger charge is 2.38. The summed E-state index contributed by atoms with van der Waals surface area (Å²) in [5.41, 5.74) is -1.50. The number of halogens is 4. The number of anilines is 4. The molecule has 0 saturated heterocycles. The van der Waals surface area contributed by atoms with Crippen LogP contribution in [0.15, 0.2) is 40.9 Å². The molecule has 158 valence electrons. The number of nitrogens with zero attached hydrogens (tertiary/aromatic N) is 3. The molecule has 30 heavy (non-hydrogen) atoms.